The lowest BCUT2D eigenvalue weighted by atomic mass is 10.2. The number of nitrogens with zero attached hydrogens (tertiary/aromatic N) is 2. The van der Waals surface area contributed by atoms with E-state index in [0.717, 1.165) is 45.2 Å². The van der Waals surface area contributed by atoms with Crippen molar-refractivity contribution in [3.63, 3.8) is 0 Å². The molecule has 0 bridgehead atoms. The molecule has 2 unspecified atom stereocenters. The van der Waals surface area contributed by atoms with E-state index >= 15 is 0 Å². The molecule has 0 aliphatic carbocycles. The van der Waals surface area contributed by atoms with Crippen LogP contribution >= 0.6 is 11.8 Å². The molecule has 2 atom stereocenters. The fraction of sp³-hybridized carbons (Fsp3) is 0.867. The minimum atomic E-state index is -0.891. The molecule has 6 heteroatoms. The summed E-state index contributed by atoms with van der Waals surface area (Å²) in [6.07, 6.45) is 4.78. The van der Waals surface area contributed by atoms with E-state index in [0.29, 0.717) is 5.75 Å². The van der Waals surface area contributed by atoms with Crippen LogP contribution in [0.25, 0.3) is 0 Å². The SMILES string of the molecule is CCCCN(CCCC)C(=O)N1C(CC)SCC1C(=O)O. The third kappa shape index (κ3) is 4.80. The highest BCUT2D eigenvalue weighted by Gasteiger charge is 2.42. The van der Waals surface area contributed by atoms with Crippen LogP contribution in [0.5, 0.6) is 0 Å². The van der Waals surface area contributed by atoms with E-state index in [1.165, 1.54) is 0 Å². The van der Waals surface area contributed by atoms with Crippen LogP contribution in [0.4, 0.5) is 4.79 Å². The second-order valence-corrected chi connectivity index (χ2v) is 6.65. The number of aliphatic carboxylic acids is 1. The highest BCUT2D eigenvalue weighted by molar-refractivity contribution is 8.00. The molecule has 1 N–H and O–H groups in total. The Bertz CT molecular complexity index is 344. The zero-order valence-electron chi connectivity index (χ0n) is 13.4. The second kappa shape index (κ2) is 9.18. The van der Waals surface area contributed by atoms with Gasteiger partial charge in [0, 0.05) is 18.8 Å². The van der Waals surface area contributed by atoms with Crippen LogP contribution in [0.15, 0.2) is 0 Å². The first-order valence-electron chi connectivity index (χ1n) is 7.98. The lowest BCUT2D eigenvalue weighted by Gasteiger charge is -2.33. The molecule has 0 spiro atoms. The predicted molar refractivity (Wildman–Crippen MR) is 86.6 cm³/mol. The van der Waals surface area contributed by atoms with Crippen molar-refractivity contribution in [2.75, 3.05) is 18.8 Å². The van der Waals surface area contributed by atoms with E-state index in [1.807, 2.05) is 11.8 Å². The van der Waals surface area contributed by atoms with Crippen LogP contribution in [0, 0.1) is 0 Å². The standard InChI is InChI=1S/C15H28N2O3S/c1-4-7-9-16(10-8-5-2)15(20)17-12(14(18)19)11-21-13(17)6-3/h12-13H,4-11H2,1-3H3,(H,18,19). The number of carbonyl (C=O) groups is 2. The first-order chi connectivity index (χ1) is 10.1. The summed E-state index contributed by atoms with van der Waals surface area (Å²) >= 11 is 1.58. The highest BCUT2D eigenvalue weighted by Crippen LogP contribution is 2.32. The average Bonchev–Trinajstić information content (AvgIpc) is 2.90. The molecule has 122 valence electrons. The van der Waals surface area contributed by atoms with Crippen molar-refractivity contribution in [2.24, 2.45) is 0 Å². The van der Waals surface area contributed by atoms with Gasteiger partial charge in [0.25, 0.3) is 0 Å². The van der Waals surface area contributed by atoms with Gasteiger partial charge in [-0.3, -0.25) is 4.90 Å². The van der Waals surface area contributed by atoms with Gasteiger partial charge in [0.1, 0.15) is 6.04 Å². The Hall–Kier alpha value is -0.910. The molecule has 1 saturated heterocycles. The lowest BCUT2D eigenvalue weighted by Crippen LogP contribution is -2.52. The molecule has 1 aliphatic rings. The van der Waals surface area contributed by atoms with Crippen molar-refractivity contribution < 1.29 is 14.7 Å². The van der Waals surface area contributed by atoms with E-state index in [9.17, 15) is 14.7 Å². The molecule has 1 fully saturated rings. The molecule has 0 aromatic heterocycles. The number of carbonyl (C=O) groups excluding carboxylic acids is 1. The summed E-state index contributed by atoms with van der Waals surface area (Å²) in [5, 5.41) is 9.34. The molecule has 0 saturated carbocycles. The van der Waals surface area contributed by atoms with Crippen LogP contribution in [-0.4, -0.2) is 57.2 Å². The molecule has 0 aromatic rings. The number of hydrogen-bond acceptors (Lipinski definition) is 3. The predicted octanol–water partition coefficient (Wildman–Crippen LogP) is 3.25. The zero-order chi connectivity index (χ0) is 15.8. The molecule has 5 nitrogen and oxygen atoms in total. The maximum absolute atomic E-state index is 12.8. The van der Waals surface area contributed by atoms with Crippen molar-refractivity contribution in [3.05, 3.63) is 0 Å². The summed E-state index contributed by atoms with van der Waals surface area (Å²) in [7, 11) is 0. The monoisotopic (exact) mass is 316 g/mol. The van der Waals surface area contributed by atoms with Gasteiger partial charge in [0.15, 0.2) is 0 Å². The van der Waals surface area contributed by atoms with Crippen molar-refractivity contribution in [1.82, 2.24) is 9.80 Å². The van der Waals surface area contributed by atoms with Crippen molar-refractivity contribution >= 4 is 23.8 Å². The highest BCUT2D eigenvalue weighted by atomic mass is 32.2. The van der Waals surface area contributed by atoms with Gasteiger partial charge in [-0.25, -0.2) is 9.59 Å². The fourth-order valence-corrected chi connectivity index (χ4v) is 3.83. The van der Waals surface area contributed by atoms with Gasteiger partial charge in [-0.15, -0.1) is 11.8 Å². The Labute approximate surface area is 132 Å². The minimum Gasteiger partial charge on any atom is -0.480 e. The maximum Gasteiger partial charge on any atom is 0.327 e. The van der Waals surface area contributed by atoms with Gasteiger partial charge in [-0.1, -0.05) is 33.6 Å². The molecule has 1 aliphatic heterocycles. The van der Waals surface area contributed by atoms with Crippen molar-refractivity contribution in [1.29, 1.82) is 0 Å². The number of carboxylic acid groups (broad SMARTS) is 1. The largest absolute Gasteiger partial charge is 0.480 e. The van der Waals surface area contributed by atoms with Gasteiger partial charge in [0.2, 0.25) is 0 Å². The molecule has 1 heterocycles. The minimum absolute atomic E-state index is 0.00986. The molecular weight excluding hydrogens is 288 g/mol. The number of amides is 2. The Kier molecular flexibility index (Phi) is 7.93. The van der Waals surface area contributed by atoms with Gasteiger partial charge < -0.3 is 10.0 Å². The van der Waals surface area contributed by atoms with Crippen molar-refractivity contribution in [2.45, 2.75) is 64.3 Å². The molecule has 0 radical (unpaired) electrons. The van der Waals surface area contributed by atoms with Gasteiger partial charge in [-0.2, -0.15) is 0 Å². The normalized spacial score (nSPS) is 21.6. The van der Waals surface area contributed by atoms with Crippen LogP contribution in [0.2, 0.25) is 0 Å². The summed E-state index contributed by atoms with van der Waals surface area (Å²) in [6, 6.07) is -0.778. The summed E-state index contributed by atoms with van der Waals surface area (Å²) in [5.41, 5.74) is 0. The smallest absolute Gasteiger partial charge is 0.327 e. The van der Waals surface area contributed by atoms with Crippen LogP contribution in [-0.2, 0) is 4.79 Å². The average molecular weight is 316 g/mol. The second-order valence-electron chi connectivity index (χ2n) is 5.43. The third-order valence-corrected chi connectivity index (χ3v) is 5.23. The topological polar surface area (TPSA) is 60.9 Å². The first kappa shape index (κ1) is 18.1. The van der Waals surface area contributed by atoms with E-state index < -0.39 is 12.0 Å². The summed E-state index contributed by atoms with van der Waals surface area (Å²) in [6.45, 7) is 7.65. The molecular formula is C15H28N2O3S. The Morgan fingerprint density at radius 1 is 1.19 bits per heavy atom. The quantitative estimate of drug-likeness (QED) is 0.747. The molecule has 1 rings (SSSR count). The van der Waals surface area contributed by atoms with Crippen LogP contribution in [0.1, 0.15) is 52.9 Å². The Morgan fingerprint density at radius 3 is 2.19 bits per heavy atom. The number of urea groups is 1. The summed E-state index contributed by atoms with van der Waals surface area (Å²) < 4.78 is 0. The van der Waals surface area contributed by atoms with Crippen LogP contribution < -0.4 is 0 Å². The number of unbranched alkanes of at least 4 members (excludes halogenated alkanes) is 2. The summed E-state index contributed by atoms with van der Waals surface area (Å²) in [4.78, 5) is 27.7. The number of rotatable bonds is 8. The van der Waals surface area contributed by atoms with E-state index in [-0.39, 0.29) is 11.4 Å². The number of carboxylic acids is 1. The van der Waals surface area contributed by atoms with Crippen LogP contribution in [0.3, 0.4) is 0 Å². The maximum atomic E-state index is 12.8. The summed E-state index contributed by atoms with van der Waals surface area (Å²) in [5.74, 6) is -0.396. The van der Waals surface area contributed by atoms with E-state index in [2.05, 4.69) is 13.8 Å². The van der Waals surface area contributed by atoms with E-state index in [4.69, 9.17) is 0 Å². The van der Waals surface area contributed by atoms with Crippen molar-refractivity contribution in [3.8, 4) is 0 Å². The number of hydrogen-bond donors (Lipinski definition) is 1. The lowest BCUT2D eigenvalue weighted by molar-refractivity contribution is -0.141. The first-order valence-corrected chi connectivity index (χ1v) is 9.03. The van der Waals surface area contributed by atoms with Gasteiger partial charge in [0.05, 0.1) is 5.37 Å². The molecule has 21 heavy (non-hydrogen) atoms. The zero-order valence-corrected chi connectivity index (χ0v) is 14.2. The molecule has 2 amide bonds. The Morgan fingerprint density at radius 2 is 1.76 bits per heavy atom. The van der Waals surface area contributed by atoms with Gasteiger partial charge >= 0.3 is 12.0 Å². The van der Waals surface area contributed by atoms with Gasteiger partial charge in [-0.05, 0) is 19.3 Å². The fourth-order valence-electron chi connectivity index (χ4n) is 2.49. The number of thioether (sulfide) groups is 1. The van der Waals surface area contributed by atoms with E-state index in [1.54, 1.807) is 16.7 Å². The Balaban J connectivity index is 2.83. The third-order valence-electron chi connectivity index (χ3n) is 3.78. The molecule has 0 aromatic carbocycles.